The van der Waals surface area contributed by atoms with Crippen LogP contribution in [0.2, 0.25) is 0 Å². The van der Waals surface area contributed by atoms with Crippen LogP contribution in [0.4, 0.5) is 5.69 Å². The van der Waals surface area contributed by atoms with Crippen LogP contribution in [0, 0.1) is 0 Å². The third-order valence-corrected chi connectivity index (χ3v) is 7.54. The first-order valence-corrected chi connectivity index (χ1v) is 12.3. The minimum absolute atomic E-state index is 0.124. The molecule has 1 amide bonds. The van der Waals surface area contributed by atoms with E-state index in [2.05, 4.69) is 0 Å². The van der Waals surface area contributed by atoms with Crippen LogP contribution in [0.25, 0.3) is 10.8 Å². The van der Waals surface area contributed by atoms with E-state index in [4.69, 9.17) is 4.74 Å². The van der Waals surface area contributed by atoms with Crippen LogP contribution >= 0.6 is 0 Å². The molecule has 0 saturated carbocycles. The molecule has 0 N–H and O–H groups in total. The number of ether oxygens (including phenoxy) is 1. The number of sulfonamides is 1. The predicted octanol–water partition coefficient (Wildman–Crippen LogP) is 4.30. The summed E-state index contributed by atoms with van der Waals surface area (Å²) in [5.41, 5.74) is 1.12. The van der Waals surface area contributed by atoms with E-state index in [1.165, 1.54) is 10.4 Å². The lowest BCUT2D eigenvalue weighted by Crippen LogP contribution is -2.48. The molecule has 0 spiro atoms. The SMILES string of the molecule is CCN(C(=O)c1cccc(S(=O)(=O)N2CC(C)OC(C)C2)c1)c1ccc2ccccc2c1. The largest absolute Gasteiger partial charge is 0.373 e. The maximum Gasteiger partial charge on any atom is 0.258 e. The number of hydrogen-bond donors (Lipinski definition) is 0. The maximum atomic E-state index is 13.4. The van der Waals surface area contributed by atoms with Gasteiger partial charge in [-0.2, -0.15) is 4.31 Å². The molecule has 2 atom stereocenters. The number of hydrogen-bond acceptors (Lipinski definition) is 4. The molecule has 3 aromatic carbocycles. The summed E-state index contributed by atoms with van der Waals surface area (Å²) in [6.07, 6.45) is -0.358. The van der Waals surface area contributed by atoms with Gasteiger partial charge in [0.25, 0.3) is 5.91 Å². The minimum atomic E-state index is -3.73. The smallest absolute Gasteiger partial charge is 0.258 e. The highest BCUT2D eigenvalue weighted by molar-refractivity contribution is 7.89. The maximum absolute atomic E-state index is 13.4. The lowest BCUT2D eigenvalue weighted by atomic mass is 10.1. The van der Waals surface area contributed by atoms with Crippen molar-refractivity contribution >= 4 is 32.4 Å². The number of carbonyl (C=O) groups excluding carboxylic acids is 1. The number of anilines is 1. The molecule has 0 radical (unpaired) electrons. The molecule has 1 aliphatic heterocycles. The van der Waals surface area contributed by atoms with E-state index < -0.39 is 10.0 Å². The van der Waals surface area contributed by atoms with Crippen molar-refractivity contribution in [2.24, 2.45) is 0 Å². The van der Waals surface area contributed by atoms with Crippen LogP contribution in [0.5, 0.6) is 0 Å². The normalized spacial score (nSPS) is 19.7. The van der Waals surface area contributed by atoms with E-state index in [0.717, 1.165) is 16.5 Å². The molecule has 4 rings (SSSR count). The van der Waals surface area contributed by atoms with E-state index >= 15 is 0 Å². The molecule has 0 bridgehead atoms. The van der Waals surface area contributed by atoms with Gasteiger partial charge in [0.05, 0.1) is 17.1 Å². The number of morpholine rings is 1. The van der Waals surface area contributed by atoms with Crippen molar-refractivity contribution in [3.8, 4) is 0 Å². The van der Waals surface area contributed by atoms with Crippen LogP contribution in [-0.4, -0.2) is 50.5 Å². The van der Waals surface area contributed by atoms with Gasteiger partial charge in [-0.3, -0.25) is 4.79 Å². The van der Waals surface area contributed by atoms with Crippen molar-refractivity contribution in [2.45, 2.75) is 37.9 Å². The second-order valence-electron chi connectivity index (χ2n) is 8.19. The van der Waals surface area contributed by atoms with Gasteiger partial charge in [0.1, 0.15) is 0 Å². The monoisotopic (exact) mass is 452 g/mol. The molecule has 0 aliphatic carbocycles. The summed E-state index contributed by atoms with van der Waals surface area (Å²) in [6, 6.07) is 20.2. The molecule has 3 aromatic rings. The van der Waals surface area contributed by atoms with Gasteiger partial charge in [0.2, 0.25) is 10.0 Å². The van der Waals surface area contributed by atoms with E-state index in [9.17, 15) is 13.2 Å². The van der Waals surface area contributed by atoms with E-state index in [-0.39, 0.29) is 23.0 Å². The zero-order valence-corrected chi connectivity index (χ0v) is 19.4. The van der Waals surface area contributed by atoms with Gasteiger partial charge in [-0.05, 0) is 61.9 Å². The summed E-state index contributed by atoms with van der Waals surface area (Å²) in [7, 11) is -3.73. The fourth-order valence-corrected chi connectivity index (χ4v) is 5.85. The number of fused-ring (bicyclic) bond motifs is 1. The Hall–Kier alpha value is -2.74. The molecule has 2 unspecified atom stereocenters. The zero-order valence-electron chi connectivity index (χ0n) is 18.6. The van der Waals surface area contributed by atoms with Gasteiger partial charge < -0.3 is 9.64 Å². The molecule has 32 heavy (non-hydrogen) atoms. The Morgan fingerprint density at radius 3 is 2.34 bits per heavy atom. The Morgan fingerprint density at radius 1 is 0.969 bits per heavy atom. The third-order valence-electron chi connectivity index (χ3n) is 5.71. The Bertz CT molecular complexity index is 1230. The topological polar surface area (TPSA) is 66.9 Å². The first-order chi connectivity index (χ1) is 15.3. The van der Waals surface area contributed by atoms with Gasteiger partial charge in [-0.1, -0.05) is 36.4 Å². The Morgan fingerprint density at radius 2 is 1.66 bits per heavy atom. The van der Waals surface area contributed by atoms with Crippen molar-refractivity contribution in [2.75, 3.05) is 24.5 Å². The molecular weight excluding hydrogens is 424 g/mol. The van der Waals surface area contributed by atoms with Crippen LogP contribution < -0.4 is 4.90 Å². The highest BCUT2D eigenvalue weighted by atomic mass is 32.2. The van der Waals surface area contributed by atoms with Gasteiger partial charge in [0.15, 0.2) is 0 Å². The molecule has 0 aromatic heterocycles. The second-order valence-corrected chi connectivity index (χ2v) is 10.1. The molecule has 168 valence electrons. The average Bonchev–Trinajstić information content (AvgIpc) is 2.79. The van der Waals surface area contributed by atoms with E-state index in [0.29, 0.717) is 25.2 Å². The molecular formula is C25H28N2O4S. The number of benzene rings is 3. The second kappa shape index (κ2) is 9.02. The fraction of sp³-hybridized carbons (Fsp3) is 0.320. The van der Waals surface area contributed by atoms with Gasteiger partial charge in [0, 0.05) is 30.9 Å². The average molecular weight is 453 g/mol. The molecule has 1 fully saturated rings. The summed E-state index contributed by atoms with van der Waals surface area (Å²) in [5, 5.41) is 2.14. The lowest BCUT2D eigenvalue weighted by Gasteiger charge is -2.34. The van der Waals surface area contributed by atoms with Crippen LogP contribution in [0.15, 0.2) is 71.6 Å². The quantitative estimate of drug-likeness (QED) is 0.579. The van der Waals surface area contributed by atoms with Crippen LogP contribution in [-0.2, 0) is 14.8 Å². The third kappa shape index (κ3) is 4.41. The van der Waals surface area contributed by atoms with Crippen molar-refractivity contribution < 1.29 is 17.9 Å². The van der Waals surface area contributed by atoms with E-state index in [1.807, 2.05) is 63.2 Å². The molecule has 6 nitrogen and oxygen atoms in total. The fourth-order valence-electron chi connectivity index (χ4n) is 4.21. The van der Waals surface area contributed by atoms with Crippen molar-refractivity contribution in [1.82, 2.24) is 4.31 Å². The minimum Gasteiger partial charge on any atom is -0.373 e. The van der Waals surface area contributed by atoms with E-state index in [1.54, 1.807) is 23.1 Å². The summed E-state index contributed by atoms with van der Waals surface area (Å²) >= 11 is 0. The summed E-state index contributed by atoms with van der Waals surface area (Å²) in [5.74, 6) is -0.233. The molecule has 1 aliphatic rings. The lowest BCUT2D eigenvalue weighted by molar-refractivity contribution is -0.0440. The first kappa shape index (κ1) is 22.5. The molecule has 1 saturated heterocycles. The Kier molecular flexibility index (Phi) is 6.33. The highest BCUT2D eigenvalue weighted by Crippen LogP contribution is 2.26. The molecule has 1 heterocycles. The van der Waals surface area contributed by atoms with Crippen molar-refractivity contribution in [3.63, 3.8) is 0 Å². The summed E-state index contributed by atoms with van der Waals surface area (Å²) in [6.45, 7) is 6.69. The Balaban J connectivity index is 1.64. The van der Waals surface area contributed by atoms with Gasteiger partial charge >= 0.3 is 0 Å². The van der Waals surface area contributed by atoms with Gasteiger partial charge in [-0.25, -0.2) is 8.42 Å². The zero-order chi connectivity index (χ0) is 22.9. The summed E-state index contributed by atoms with van der Waals surface area (Å²) < 4.78 is 33.6. The number of amides is 1. The molecule has 7 heteroatoms. The van der Waals surface area contributed by atoms with Crippen LogP contribution in [0.3, 0.4) is 0 Å². The summed E-state index contributed by atoms with van der Waals surface area (Å²) in [4.78, 5) is 15.2. The van der Waals surface area contributed by atoms with Gasteiger partial charge in [-0.15, -0.1) is 0 Å². The predicted molar refractivity (Wildman–Crippen MR) is 127 cm³/mol. The number of rotatable bonds is 5. The standard InChI is InChI=1S/C25H28N2O4S/c1-4-27(23-13-12-20-8-5-6-9-21(20)14-23)25(28)22-10-7-11-24(15-22)32(29,30)26-16-18(2)31-19(3)17-26/h5-15,18-19H,4,16-17H2,1-3H3. The first-order valence-electron chi connectivity index (χ1n) is 10.9. The Labute approximate surface area is 189 Å². The highest BCUT2D eigenvalue weighted by Gasteiger charge is 2.32. The van der Waals surface area contributed by atoms with Crippen molar-refractivity contribution in [3.05, 3.63) is 72.3 Å². The van der Waals surface area contributed by atoms with Crippen molar-refractivity contribution in [1.29, 1.82) is 0 Å². The van der Waals surface area contributed by atoms with Crippen LogP contribution in [0.1, 0.15) is 31.1 Å². The number of nitrogens with zero attached hydrogens (tertiary/aromatic N) is 2. The number of carbonyl (C=O) groups is 1.